The molecule has 0 amide bonds. The average molecular weight is 231 g/mol. The first-order valence-corrected chi connectivity index (χ1v) is 6.81. The number of hydrogen-bond donors (Lipinski definition) is 1. The number of benzene rings is 1. The number of nitrogens with two attached hydrogens (primary N) is 1. The highest BCUT2D eigenvalue weighted by atomic mass is 16.5. The van der Waals surface area contributed by atoms with E-state index in [9.17, 15) is 0 Å². The molecule has 2 heteroatoms. The highest BCUT2D eigenvalue weighted by Crippen LogP contribution is 2.30. The Morgan fingerprint density at radius 1 is 1.29 bits per heavy atom. The summed E-state index contributed by atoms with van der Waals surface area (Å²) in [6, 6.07) is 7.15. The number of ether oxygens (including phenoxy) is 1. The van der Waals surface area contributed by atoms with Crippen molar-refractivity contribution in [1.82, 2.24) is 0 Å². The molecule has 0 spiro atoms. The van der Waals surface area contributed by atoms with Crippen LogP contribution in [0.3, 0.4) is 0 Å². The monoisotopic (exact) mass is 231 g/mol. The first-order chi connectivity index (χ1) is 8.31. The van der Waals surface area contributed by atoms with Gasteiger partial charge in [0, 0.05) is 12.5 Å². The van der Waals surface area contributed by atoms with Gasteiger partial charge in [-0.15, -0.1) is 0 Å². The smallest absolute Gasteiger partial charge is 0.122 e. The van der Waals surface area contributed by atoms with Crippen molar-refractivity contribution in [2.75, 3.05) is 6.61 Å². The summed E-state index contributed by atoms with van der Waals surface area (Å²) >= 11 is 0. The van der Waals surface area contributed by atoms with Crippen molar-refractivity contribution in [3.05, 3.63) is 29.3 Å². The first-order valence-electron chi connectivity index (χ1n) is 6.81. The lowest BCUT2D eigenvalue weighted by atomic mass is 9.97. The third-order valence-electron chi connectivity index (χ3n) is 4.18. The Morgan fingerprint density at radius 3 is 3.06 bits per heavy atom. The van der Waals surface area contributed by atoms with Gasteiger partial charge in [-0.05, 0) is 55.2 Å². The van der Waals surface area contributed by atoms with E-state index in [1.165, 1.54) is 43.2 Å². The minimum atomic E-state index is 0.466. The molecule has 2 unspecified atom stereocenters. The lowest BCUT2D eigenvalue weighted by molar-refractivity contribution is 0.357. The maximum Gasteiger partial charge on any atom is 0.122 e. The molecule has 1 aliphatic carbocycles. The van der Waals surface area contributed by atoms with E-state index in [1.807, 2.05) is 0 Å². The fraction of sp³-hybridized carbons (Fsp3) is 0.600. The van der Waals surface area contributed by atoms with Crippen molar-refractivity contribution < 1.29 is 4.74 Å². The molecule has 0 radical (unpaired) electrons. The van der Waals surface area contributed by atoms with Gasteiger partial charge in [0.2, 0.25) is 0 Å². The van der Waals surface area contributed by atoms with Gasteiger partial charge in [-0.3, -0.25) is 0 Å². The van der Waals surface area contributed by atoms with Gasteiger partial charge in [-0.1, -0.05) is 12.1 Å². The van der Waals surface area contributed by atoms with Gasteiger partial charge in [0.25, 0.3) is 0 Å². The van der Waals surface area contributed by atoms with E-state index in [1.54, 1.807) is 0 Å². The molecule has 1 fully saturated rings. The third-order valence-corrected chi connectivity index (χ3v) is 4.18. The van der Waals surface area contributed by atoms with Crippen molar-refractivity contribution in [2.45, 2.75) is 44.6 Å². The van der Waals surface area contributed by atoms with E-state index >= 15 is 0 Å². The van der Waals surface area contributed by atoms with E-state index in [2.05, 4.69) is 18.2 Å². The minimum Gasteiger partial charge on any atom is -0.493 e. The van der Waals surface area contributed by atoms with E-state index in [0.29, 0.717) is 6.04 Å². The van der Waals surface area contributed by atoms with E-state index in [4.69, 9.17) is 10.5 Å². The van der Waals surface area contributed by atoms with Crippen molar-refractivity contribution in [1.29, 1.82) is 0 Å². The van der Waals surface area contributed by atoms with Crippen molar-refractivity contribution >= 4 is 0 Å². The highest BCUT2D eigenvalue weighted by Gasteiger charge is 2.21. The molecule has 1 heterocycles. The third kappa shape index (κ3) is 2.47. The molecule has 2 aliphatic rings. The van der Waals surface area contributed by atoms with Gasteiger partial charge < -0.3 is 10.5 Å². The van der Waals surface area contributed by atoms with Crippen LogP contribution < -0.4 is 10.5 Å². The molecular formula is C15H21NO. The van der Waals surface area contributed by atoms with Gasteiger partial charge in [0.1, 0.15) is 5.75 Å². The Morgan fingerprint density at radius 2 is 2.24 bits per heavy atom. The van der Waals surface area contributed by atoms with E-state index in [0.717, 1.165) is 24.7 Å². The van der Waals surface area contributed by atoms with Crippen molar-refractivity contribution in [3.8, 4) is 5.75 Å². The average Bonchev–Trinajstić information content (AvgIpc) is 2.94. The molecule has 1 saturated carbocycles. The van der Waals surface area contributed by atoms with E-state index in [-0.39, 0.29) is 0 Å². The predicted octanol–water partition coefficient (Wildman–Crippen LogP) is 2.68. The Hall–Kier alpha value is -1.02. The molecule has 0 saturated heterocycles. The molecule has 92 valence electrons. The molecule has 2 nitrogen and oxygen atoms in total. The molecule has 1 aromatic carbocycles. The van der Waals surface area contributed by atoms with Gasteiger partial charge in [0.15, 0.2) is 0 Å². The minimum absolute atomic E-state index is 0.466. The van der Waals surface area contributed by atoms with Gasteiger partial charge >= 0.3 is 0 Å². The Balaban J connectivity index is 1.58. The maximum atomic E-state index is 5.95. The molecule has 1 aliphatic heterocycles. The predicted molar refractivity (Wildman–Crippen MR) is 69.3 cm³/mol. The maximum absolute atomic E-state index is 5.95. The van der Waals surface area contributed by atoms with Crippen LogP contribution in [0.1, 0.15) is 36.8 Å². The second kappa shape index (κ2) is 4.69. The molecule has 0 aromatic heterocycles. The molecule has 1 aromatic rings. The quantitative estimate of drug-likeness (QED) is 0.868. The zero-order valence-corrected chi connectivity index (χ0v) is 10.3. The lowest BCUT2D eigenvalue weighted by Crippen LogP contribution is -2.14. The fourth-order valence-electron chi connectivity index (χ4n) is 3.14. The van der Waals surface area contributed by atoms with Crippen LogP contribution in [0.4, 0.5) is 0 Å². The van der Waals surface area contributed by atoms with Crippen LogP contribution in [0.2, 0.25) is 0 Å². The van der Waals surface area contributed by atoms with Crippen LogP contribution in [0.5, 0.6) is 5.75 Å². The summed E-state index contributed by atoms with van der Waals surface area (Å²) in [6.07, 6.45) is 7.36. The standard InChI is InChI=1S/C15H21NO/c16-14-5-3-12(10-14)2-1-11-4-6-15-13(9-11)7-8-17-15/h4,6,9,12,14H,1-3,5,7-8,10,16H2. The molecule has 3 rings (SSSR count). The van der Waals surface area contributed by atoms with Gasteiger partial charge in [0.05, 0.1) is 6.61 Å². The number of hydrogen-bond acceptors (Lipinski definition) is 2. The second-order valence-corrected chi connectivity index (χ2v) is 5.52. The van der Waals surface area contributed by atoms with Crippen LogP contribution >= 0.6 is 0 Å². The SMILES string of the molecule is NC1CCC(CCc2ccc3c(c2)CCO3)C1. The summed E-state index contributed by atoms with van der Waals surface area (Å²) in [5.74, 6) is 1.95. The Labute approximate surface area is 103 Å². The van der Waals surface area contributed by atoms with Crippen molar-refractivity contribution in [2.24, 2.45) is 11.7 Å². The summed E-state index contributed by atoms with van der Waals surface area (Å²) in [6.45, 7) is 0.857. The lowest BCUT2D eigenvalue weighted by Gasteiger charge is -2.10. The van der Waals surface area contributed by atoms with Crippen molar-refractivity contribution in [3.63, 3.8) is 0 Å². The van der Waals surface area contributed by atoms with Crippen LogP contribution in [-0.4, -0.2) is 12.6 Å². The van der Waals surface area contributed by atoms with Gasteiger partial charge in [-0.2, -0.15) is 0 Å². The summed E-state index contributed by atoms with van der Waals surface area (Å²) in [5, 5.41) is 0. The van der Waals surface area contributed by atoms with E-state index < -0.39 is 0 Å². The Kier molecular flexibility index (Phi) is 3.06. The molecular weight excluding hydrogens is 210 g/mol. The normalized spacial score (nSPS) is 26.9. The number of rotatable bonds is 3. The second-order valence-electron chi connectivity index (χ2n) is 5.52. The summed E-state index contributed by atoms with van der Waals surface area (Å²) in [7, 11) is 0. The highest BCUT2D eigenvalue weighted by molar-refractivity contribution is 5.39. The largest absolute Gasteiger partial charge is 0.493 e. The first kappa shape index (κ1) is 11.1. The van der Waals surface area contributed by atoms with Crippen LogP contribution in [0, 0.1) is 5.92 Å². The molecule has 17 heavy (non-hydrogen) atoms. The summed E-state index contributed by atoms with van der Waals surface area (Å²) in [4.78, 5) is 0. The van der Waals surface area contributed by atoms with Crippen LogP contribution in [0.15, 0.2) is 18.2 Å². The van der Waals surface area contributed by atoms with Crippen LogP contribution in [-0.2, 0) is 12.8 Å². The molecule has 0 bridgehead atoms. The number of aryl methyl sites for hydroxylation is 1. The molecule has 2 N–H and O–H groups in total. The topological polar surface area (TPSA) is 35.2 Å². The molecule has 2 atom stereocenters. The summed E-state index contributed by atoms with van der Waals surface area (Å²) < 4.78 is 5.53. The number of fused-ring (bicyclic) bond motifs is 1. The zero-order valence-electron chi connectivity index (χ0n) is 10.3. The van der Waals surface area contributed by atoms with Crippen LogP contribution in [0.25, 0.3) is 0 Å². The fourth-order valence-corrected chi connectivity index (χ4v) is 3.14. The van der Waals surface area contributed by atoms with Gasteiger partial charge in [-0.25, -0.2) is 0 Å². The summed E-state index contributed by atoms with van der Waals surface area (Å²) in [5.41, 5.74) is 8.81. The Bertz CT molecular complexity index is 402. The zero-order chi connectivity index (χ0) is 11.7.